The highest BCUT2D eigenvalue weighted by Crippen LogP contribution is 2.15. The molecule has 2 heterocycles. The number of hydrogen-bond donors (Lipinski definition) is 1. The van der Waals surface area contributed by atoms with Crippen molar-refractivity contribution in [2.75, 3.05) is 44.8 Å². The van der Waals surface area contributed by atoms with Gasteiger partial charge in [0.15, 0.2) is 5.84 Å². The van der Waals surface area contributed by atoms with Crippen molar-refractivity contribution in [3.05, 3.63) is 47.9 Å². The second-order valence-corrected chi connectivity index (χ2v) is 6.41. The molecule has 1 aliphatic heterocycles. The van der Waals surface area contributed by atoms with Gasteiger partial charge < -0.3 is 25.0 Å². The minimum absolute atomic E-state index is 0.153. The predicted molar refractivity (Wildman–Crippen MR) is 114 cm³/mol. The summed E-state index contributed by atoms with van der Waals surface area (Å²) in [5.74, 6) is 1.52. The van der Waals surface area contributed by atoms with Gasteiger partial charge in [0, 0.05) is 31.7 Å². The molecule has 1 fully saturated rings. The van der Waals surface area contributed by atoms with Crippen LogP contribution in [0.3, 0.4) is 0 Å². The lowest BCUT2D eigenvalue weighted by Crippen LogP contribution is -2.49. The van der Waals surface area contributed by atoms with Crippen molar-refractivity contribution in [2.24, 2.45) is 15.9 Å². The molecule has 2 aromatic rings. The SMILES string of the molecule is CCOC(=O)N1CCN(c2cncc(/C(N)=N\N=C\c3ccccc3OC)n2)CC1. The van der Waals surface area contributed by atoms with Crippen LogP contribution >= 0.6 is 0 Å². The lowest BCUT2D eigenvalue weighted by atomic mass is 10.2. The van der Waals surface area contributed by atoms with Crippen molar-refractivity contribution in [1.82, 2.24) is 14.9 Å². The number of hydrogen-bond acceptors (Lipinski definition) is 8. The molecule has 1 amide bonds. The summed E-state index contributed by atoms with van der Waals surface area (Å²) in [6.45, 7) is 4.52. The van der Waals surface area contributed by atoms with Crippen LogP contribution in [0.5, 0.6) is 5.75 Å². The molecule has 1 aromatic carbocycles. The number of carbonyl (C=O) groups is 1. The van der Waals surface area contributed by atoms with Gasteiger partial charge in [-0.05, 0) is 19.1 Å². The zero-order valence-corrected chi connectivity index (χ0v) is 17.1. The summed E-state index contributed by atoms with van der Waals surface area (Å²) in [5.41, 5.74) is 7.25. The topological polar surface area (TPSA) is 119 Å². The first kappa shape index (κ1) is 21.0. The van der Waals surface area contributed by atoms with Crippen LogP contribution in [0.1, 0.15) is 18.2 Å². The minimum atomic E-state index is -0.290. The van der Waals surface area contributed by atoms with E-state index < -0.39 is 0 Å². The number of ether oxygens (including phenoxy) is 2. The molecule has 0 spiro atoms. The van der Waals surface area contributed by atoms with Crippen LogP contribution < -0.4 is 15.4 Å². The third-order valence-electron chi connectivity index (χ3n) is 4.52. The average molecular weight is 411 g/mol. The van der Waals surface area contributed by atoms with E-state index in [1.165, 1.54) is 6.20 Å². The summed E-state index contributed by atoms with van der Waals surface area (Å²) in [5, 5.41) is 8.06. The standard InChI is InChI=1S/C20H25N7O3/c1-3-30-20(28)27-10-8-26(9-11-27)18-14-22-13-16(24-18)19(21)25-23-12-15-6-4-5-7-17(15)29-2/h4-7,12-14H,3,8-11H2,1-2H3,(H2,21,25)/b23-12+. The molecule has 10 heteroatoms. The monoisotopic (exact) mass is 411 g/mol. The van der Waals surface area contributed by atoms with Gasteiger partial charge in [-0.1, -0.05) is 12.1 Å². The molecule has 0 saturated carbocycles. The van der Waals surface area contributed by atoms with Crippen molar-refractivity contribution >= 4 is 24.0 Å². The van der Waals surface area contributed by atoms with Gasteiger partial charge in [0.2, 0.25) is 0 Å². The lowest BCUT2D eigenvalue weighted by molar-refractivity contribution is 0.105. The maximum absolute atomic E-state index is 11.8. The number of benzene rings is 1. The molecular weight excluding hydrogens is 386 g/mol. The van der Waals surface area contributed by atoms with Crippen LogP contribution in [0, 0.1) is 0 Å². The van der Waals surface area contributed by atoms with Crippen molar-refractivity contribution in [1.29, 1.82) is 0 Å². The summed E-state index contributed by atoms with van der Waals surface area (Å²) in [6.07, 6.45) is 4.48. The van der Waals surface area contributed by atoms with E-state index in [0.29, 0.717) is 50.0 Å². The number of rotatable bonds is 6. The Morgan fingerprint density at radius 2 is 2.00 bits per heavy atom. The fraction of sp³-hybridized carbons (Fsp3) is 0.350. The average Bonchev–Trinajstić information content (AvgIpc) is 2.79. The Morgan fingerprint density at radius 3 is 2.73 bits per heavy atom. The van der Waals surface area contributed by atoms with Gasteiger partial charge in [-0.25, -0.2) is 9.78 Å². The number of nitrogens with two attached hydrogens (primary N) is 1. The van der Waals surface area contributed by atoms with Crippen molar-refractivity contribution < 1.29 is 14.3 Å². The molecule has 0 unspecified atom stereocenters. The van der Waals surface area contributed by atoms with Crippen LogP contribution in [0.25, 0.3) is 0 Å². The van der Waals surface area contributed by atoms with E-state index in [4.69, 9.17) is 15.2 Å². The molecule has 30 heavy (non-hydrogen) atoms. The molecule has 3 rings (SSSR count). The van der Waals surface area contributed by atoms with Gasteiger partial charge >= 0.3 is 6.09 Å². The lowest BCUT2D eigenvalue weighted by Gasteiger charge is -2.34. The zero-order valence-electron chi connectivity index (χ0n) is 17.1. The number of anilines is 1. The number of para-hydroxylation sites is 1. The fourth-order valence-corrected chi connectivity index (χ4v) is 2.94. The van der Waals surface area contributed by atoms with Gasteiger partial charge in [-0.15, -0.1) is 5.10 Å². The Balaban J connectivity index is 1.65. The van der Waals surface area contributed by atoms with Crippen LogP contribution in [-0.4, -0.2) is 72.9 Å². The zero-order chi connectivity index (χ0) is 21.3. The molecule has 10 nitrogen and oxygen atoms in total. The highest BCUT2D eigenvalue weighted by Gasteiger charge is 2.23. The molecular formula is C20H25N7O3. The van der Waals surface area contributed by atoms with Crippen LogP contribution in [0.2, 0.25) is 0 Å². The summed E-state index contributed by atoms with van der Waals surface area (Å²) in [4.78, 5) is 24.3. The third kappa shape index (κ3) is 5.22. The minimum Gasteiger partial charge on any atom is -0.496 e. The van der Waals surface area contributed by atoms with Crippen molar-refractivity contribution in [3.63, 3.8) is 0 Å². The van der Waals surface area contributed by atoms with Gasteiger partial charge in [0.1, 0.15) is 17.3 Å². The summed E-state index contributed by atoms with van der Waals surface area (Å²) < 4.78 is 10.3. The molecule has 0 aliphatic carbocycles. The van der Waals surface area contributed by atoms with E-state index in [9.17, 15) is 4.79 Å². The molecule has 1 aromatic heterocycles. The molecule has 0 atom stereocenters. The Kier molecular flexibility index (Phi) is 7.14. The Labute approximate surface area is 175 Å². The van der Waals surface area contributed by atoms with E-state index >= 15 is 0 Å². The maximum atomic E-state index is 11.8. The second-order valence-electron chi connectivity index (χ2n) is 6.41. The largest absolute Gasteiger partial charge is 0.496 e. The predicted octanol–water partition coefficient (Wildman–Crippen LogP) is 1.50. The maximum Gasteiger partial charge on any atom is 0.409 e. The fourth-order valence-electron chi connectivity index (χ4n) is 2.94. The van der Waals surface area contributed by atoms with Gasteiger partial charge in [0.05, 0.1) is 32.3 Å². The van der Waals surface area contributed by atoms with Gasteiger partial charge in [0.25, 0.3) is 0 Å². The van der Waals surface area contributed by atoms with Crippen LogP contribution in [0.15, 0.2) is 46.9 Å². The van der Waals surface area contributed by atoms with Gasteiger partial charge in [-0.2, -0.15) is 5.10 Å². The number of amides is 1. The number of piperazine rings is 1. The van der Waals surface area contributed by atoms with Crippen molar-refractivity contribution in [3.8, 4) is 5.75 Å². The quantitative estimate of drug-likeness (QED) is 0.435. The molecule has 1 saturated heterocycles. The highest BCUT2D eigenvalue weighted by molar-refractivity contribution is 5.96. The normalized spacial score (nSPS) is 14.8. The smallest absolute Gasteiger partial charge is 0.409 e. The second kappa shape index (κ2) is 10.2. The number of nitrogens with zero attached hydrogens (tertiary/aromatic N) is 6. The summed E-state index contributed by atoms with van der Waals surface area (Å²) in [6, 6.07) is 7.46. The van der Waals surface area contributed by atoms with E-state index in [1.54, 1.807) is 31.3 Å². The number of methoxy groups -OCH3 is 1. The van der Waals surface area contributed by atoms with Gasteiger partial charge in [-0.3, -0.25) is 4.98 Å². The summed E-state index contributed by atoms with van der Waals surface area (Å²) in [7, 11) is 1.60. The molecule has 2 N–H and O–H groups in total. The highest BCUT2D eigenvalue weighted by atomic mass is 16.6. The van der Waals surface area contributed by atoms with E-state index in [0.717, 1.165) is 5.56 Å². The number of amidine groups is 1. The molecule has 0 bridgehead atoms. The number of aromatic nitrogens is 2. The molecule has 1 aliphatic rings. The van der Waals surface area contributed by atoms with E-state index in [1.807, 2.05) is 29.2 Å². The van der Waals surface area contributed by atoms with Crippen molar-refractivity contribution in [2.45, 2.75) is 6.92 Å². The Bertz CT molecular complexity index is 924. The van der Waals surface area contributed by atoms with E-state index in [2.05, 4.69) is 20.2 Å². The van der Waals surface area contributed by atoms with E-state index in [-0.39, 0.29) is 11.9 Å². The van der Waals surface area contributed by atoms with Crippen LogP contribution in [0.4, 0.5) is 10.6 Å². The first-order valence-electron chi connectivity index (χ1n) is 9.61. The molecule has 158 valence electrons. The Morgan fingerprint density at radius 1 is 1.23 bits per heavy atom. The first-order valence-corrected chi connectivity index (χ1v) is 9.61. The number of carbonyl (C=O) groups excluding carboxylic acids is 1. The summed E-state index contributed by atoms with van der Waals surface area (Å²) >= 11 is 0. The first-order chi connectivity index (χ1) is 14.6. The molecule has 0 radical (unpaired) electrons. The third-order valence-corrected chi connectivity index (χ3v) is 4.52. The van der Waals surface area contributed by atoms with Crippen LogP contribution in [-0.2, 0) is 4.74 Å². The Hall–Kier alpha value is -3.69.